The third-order valence-corrected chi connectivity index (χ3v) is 3.71. The number of likely N-dealkylation sites (N-methyl/N-ethyl adjacent to an activating group) is 1. The van der Waals surface area contributed by atoms with Gasteiger partial charge in [0, 0.05) is 45.7 Å². The molecule has 0 spiro atoms. The Hall–Kier alpha value is -1.63. The smallest absolute Gasteiger partial charge is 0.240 e. The van der Waals surface area contributed by atoms with Crippen molar-refractivity contribution in [2.24, 2.45) is 0 Å². The maximum absolute atomic E-state index is 12.3. The number of amides is 3. The lowest BCUT2D eigenvalue weighted by molar-refractivity contribution is -0.136. The predicted molar refractivity (Wildman–Crippen MR) is 88.8 cm³/mol. The van der Waals surface area contributed by atoms with Crippen molar-refractivity contribution in [1.29, 1.82) is 0 Å². The minimum absolute atomic E-state index is 0.0590. The topological polar surface area (TPSA) is 73.0 Å². The van der Waals surface area contributed by atoms with Gasteiger partial charge in [-0.3, -0.25) is 19.3 Å². The maximum atomic E-state index is 12.3. The molecule has 7 nitrogen and oxygen atoms in total. The molecule has 0 bridgehead atoms. The van der Waals surface area contributed by atoms with Gasteiger partial charge in [0.1, 0.15) is 0 Å². The number of carbonyl (C=O) groups is 3. The van der Waals surface area contributed by atoms with Crippen LogP contribution in [0.1, 0.15) is 34.1 Å². The van der Waals surface area contributed by atoms with Gasteiger partial charge in [-0.25, -0.2) is 0 Å². The predicted octanol–water partition coefficient (Wildman–Crippen LogP) is -0.0863. The van der Waals surface area contributed by atoms with Crippen LogP contribution in [-0.4, -0.2) is 84.3 Å². The van der Waals surface area contributed by atoms with Crippen LogP contribution in [0.3, 0.4) is 0 Å². The zero-order chi connectivity index (χ0) is 17.6. The molecule has 1 saturated heterocycles. The Morgan fingerprint density at radius 2 is 1.74 bits per heavy atom. The molecule has 0 atom stereocenters. The fourth-order valence-electron chi connectivity index (χ4n) is 2.52. The van der Waals surface area contributed by atoms with Crippen LogP contribution in [-0.2, 0) is 14.4 Å². The molecule has 0 aromatic carbocycles. The molecule has 3 amide bonds. The lowest BCUT2D eigenvalue weighted by atomic mass is 10.1. The Labute approximate surface area is 139 Å². The molecule has 1 aliphatic heterocycles. The number of hydrogen-bond acceptors (Lipinski definition) is 4. The van der Waals surface area contributed by atoms with Gasteiger partial charge in [0.25, 0.3) is 0 Å². The summed E-state index contributed by atoms with van der Waals surface area (Å²) in [5, 5.41) is 2.85. The fourth-order valence-corrected chi connectivity index (χ4v) is 2.52. The van der Waals surface area contributed by atoms with E-state index in [4.69, 9.17) is 0 Å². The Morgan fingerprint density at radius 1 is 1.09 bits per heavy atom. The average molecular weight is 326 g/mol. The second kappa shape index (κ2) is 8.29. The summed E-state index contributed by atoms with van der Waals surface area (Å²) in [6, 6.07) is 0. The third kappa shape index (κ3) is 7.45. The standard InChI is InChI=1S/C16H30N4O3/c1-13(21)20-8-6-7-19(9-10-20)12-15(23)18(5)11-14(22)17-16(2,3)4/h6-12H2,1-5H3,(H,17,22). The Morgan fingerprint density at radius 3 is 2.30 bits per heavy atom. The lowest BCUT2D eigenvalue weighted by Crippen LogP contribution is -2.48. The van der Waals surface area contributed by atoms with Crippen LogP contribution in [0, 0.1) is 0 Å². The second-order valence-corrected chi connectivity index (χ2v) is 7.18. The average Bonchev–Trinajstić information content (AvgIpc) is 2.61. The number of carbonyl (C=O) groups excluding carboxylic acids is 3. The Balaban J connectivity index is 2.43. The molecule has 0 unspecified atom stereocenters. The Bertz CT molecular complexity index is 445. The van der Waals surface area contributed by atoms with Crippen LogP contribution >= 0.6 is 0 Å². The minimum atomic E-state index is -0.304. The maximum Gasteiger partial charge on any atom is 0.240 e. The van der Waals surface area contributed by atoms with Crippen molar-refractivity contribution >= 4 is 17.7 Å². The molecule has 1 aliphatic rings. The van der Waals surface area contributed by atoms with Gasteiger partial charge in [0.2, 0.25) is 17.7 Å². The summed E-state index contributed by atoms with van der Waals surface area (Å²) in [5.41, 5.74) is -0.304. The third-order valence-electron chi connectivity index (χ3n) is 3.71. The van der Waals surface area contributed by atoms with E-state index < -0.39 is 0 Å². The highest BCUT2D eigenvalue weighted by Crippen LogP contribution is 2.04. The highest BCUT2D eigenvalue weighted by Gasteiger charge is 2.21. The van der Waals surface area contributed by atoms with E-state index in [1.165, 1.54) is 4.90 Å². The molecule has 0 aromatic heterocycles. The van der Waals surface area contributed by atoms with E-state index in [2.05, 4.69) is 5.32 Å². The first kappa shape index (κ1) is 19.4. The van der Waals surface area contributed by atoms with E-state index in [9.17, 15) is 14.4 Å². The van der Waals surface area contributed by atoms with Crippen molar-refractivity contribution < 1.29 is 14.4 Å². The summed E-state index contributed by atoms with van der Waals surface area (Å²) in [6.45, 7) is 10.5. The van der Waals surface area contributed by atoms with Gasteiger partial charge in [-0.15, -0.1) is 0 Å². The number of rotatable bonds is 4. The summed E-state index contributed by atoms with van der Waals surface area (Å²) in [7, 11) is 1.64. The monoisotopic (exact) mass is 326 g/mol. The van der Waals surface area contributed by atoms with Crippen LogP contribution in [0.15, 0.2) is 0 Å². The van der Waals surface area contributed by atoms with Crippen molar-refractivity contribution in [3.8, 4) is 0 Å². The lowest BCUT2D eigenvalue weighted by Gasteiger charge is -2.25. The molecular weight excluding hydrogens is 296 g/mol. The summed E-state index contributed by atoms with van der Waals surface area (Å²) >= 11 is 0. The minimum Gasteiger partial charge on any atom is -0.350 e. The second-order valence-electron chi connectivity index (χ2n) is 7.18. The molecule has 0 radical (unpaired) electrons. The van der Waals surface area contributed by atoms with Crippen molar-refractivity contribution in [3.63, 3.8) is 0 Å². The first-order chi connectivity index (χ1) is 10.6. The van der Waals surface area contributed by atoms with Gasteiger partial charge in [-0.2, -0.15) is 0 Å². The largest absolute Gasteiger partial charge is 0.350 e. The SMILES string of the molecule is CC(=O)N1CCCN(CC(=O)N(C)CC(=O)NC(C)(C)C)CC1. The molecule has 0 saturated carbocycles. The molecule has 7 heteroatoms. The Kier molecular flexibility index (Phi) is 7.00. The molecule has 132 valence electrons. The number of nitrogens with zero attached hydrogens (tertiary/aromatic N) is 3. The van der Waals surface area contributed by atoms with Gasteiger partial charge in [-0.1, -0.05) is 0 Å². The van der Waals surface area contributed by atoms with Crippen molar-refractivity contribution in [3.05, 3.63) is 0 Å². The normalized spacial score (nSPS) is 16.7. The number of nitrogens with one attached hydrogen (secondary N) is 1. The highest BCUT2D eigenvalue weighted by molar-refractivity contribution is 5.85. The van der Waals surface area contributed by atoms with E-state index in [1.54, 1.807) is 14.0 Å². The fraction of sp³-hybridized carbons (Fsp3) is 0.812. The van der Waals surface area contributed by atoms with Gasteiger partial charge >= 0.3 is 0 Å². The van der Waals surface area contributed by atoms with Gasteiger partial charge in [-0.05, 0) is 27.2 Å². The van der Waals surface area contributed by atoms with E-state index >= 15 is 0 Å². The highest BCUT2D eigenvalue weighted by atomic mass is 16.2. The molecule has 23 heavy (non-hydrogen) atoms. The molecule has 1 heterocycles. The quantitative estimate of drug-likeness (QED) is 0.784. The summed E-state index contributed by atoms with van der Waals surface area (Å²) in [6.07, 6.45) is 0.862. The molecule has 0 aliphatic carbocycles. The van der Waals surface area contributed by atoms with Crippen LogP contribution in [0.5, 0.6) is 0 Å². The molecular formula is C16H30N4O3. The van der Waals surface area contributed by atoms with E-state index in [0.29, 0.717) is 13.1 Å². The van der Waals surface area contributed by atoms with Crippen LogP contribution in [0.25, 0.3) is 0 Å². The molecule has 0 aromatic rings. The van der Waals surface area contributed by atoms with Crippen molar-refractivity contribution in [2.45, 2.75) is 39.7 Å². The van der Waals surface area contributed by atoms with Crippen LogP contribution in [0.4, 0.5) is 0 Å². The number of hydrogen-bond donors (Lipinski definition) is 1. The summed E-state index contributed by atoms with van der Waals surface area (Å²) in [5.74, 6) is -0.161. The van der Waals surface area contributed by atoms with E-state index in [-0.39, 0.29) is 36.3 Å². The van der Waals surface area contributed by atoms with Crippen LogP contribution < -0.4 is 5.32 Å². The van der Waals surface area contributed by atoms with Crippen molar-refractivity contribution in [2.75, 3.05) is 46.3 Å². The summed E-state index contributed by atoms with van der Waals surface area (Å²) in [4.78, 5) is 40.9. The first-order valence-corrected chi connectivity index (χ1v) is 8.11. The van der Waals surface area contributed by atoms with E-state index in [1.807, 2.05) is 30.6 Å². The van der Waals surface area contributed by atoms with E-state index in [0.717, 1.165) is 19.5 Å². The zero-order valence-electron chi connectivity index (χ0n) is 15.0. The molecule has 1 N–H and O–H groups in total. The van der Waals surface area contributed by atoms with Crippen LogP contribution in [0.2, 0.25) is 0 Å². The zero-order valence-corrected chi connectivity index (χ0v) is 15.0. The first-order valence-electron chi connectivity index (χ1n) is 8.11. The summed E-state index contributed by atoms with van der Waals surface area (Å²) < 4.78 is 0. The van der Waals surface area contributed by atoms with Gasteiger partial charge in [0.05, 0.1) is 13.1 Å². The molecule has 1 fully saturated rings. The van der Waals surface area contributed by atoms with Crippen molar-refractivity contribution in [1.82, 2.24) is 20.0 Å². The molecule has 1 rings (SSSR count). The van der Waals surface area contributed by atoms with Gasteiger partial charge < -0.3 is 15.1 Å². The van der Waals surface area contributed by atoms with Gasteiger partial charge in [0.15, 0.2) is 0 Å².